The molecular weight excluding hydrogens is 342 g/mol. The zero-order chi connectivity index (χ0) is 19.9. The predicted molar refractivity (Wildman–Crippen MR) is 90.6 cm³/mol. The molecule has 0 saturated carbocycles. The quantitative estimate of drug-likeness (QED) is 0.404. The first kappa shape index (κ1) is 19.7. The van der Waals surface area contributed by atoms with E-state index in [1.807, 2.05) is 0 Å². The topological polar surface area (TPSA) is 136 Å². The predicted octanol–water partition coefficient (Wildman–Crippen LogP) is -2.38. The van der Waals surface area contributed by atoms with Crippen LogP contribution in [0.1, 0.15) is 34.6 Å². The minimum atomic E-state index is -1.33. The number of carbonyl (C=O) groups excluding carboxylic acids is 5. The smallest absolute Gasteiger partial charge is 0.248 e. The molecule has 0 aromatic rings. The summed E-state index contributed by atoms with van der Waals surface area (Å²) in [5, 5.41) is 10.2. The maximum absolute atomic E-state index is 12.6. The first-order valence-corrected chi connectivity index (χ1v) is 8.35. The van der Waals surface area contributed by atoms with Gasteiger partial charge in [0.25, 0.3) is 0 Å². The summed E-state index contributed by atoms with van der Waals surface area (Å²) >= 11 is 0. The third kappa shape index (κ3) is 4.12. The van der Waals surface area contributed by atoms with E-state index >= 15 is 0 Å². The third-order valence-corrected chi connectivity index (χ3v) is 4.33. The summed E-state index contributed by atoms with van der Waals surface area (Å²) in [4.78, 5) is 62.5. The van der Waals surface area contributed by atoms with Crippen LogP contribution in [0.4, 0.5) is 0 Å². The van der Waals surface area contributed by atoms with Gasteiger partial charge in [-0.3, -0.25) is 24.0 Å². The van der Waals surface area contributed by atoms with E-state index < -0.39 is 40.9 Å². The summed E-state index contributed by atoms with van der Waals surface area (Å²) < 4.78 is 0. The first-order chi connectivity index (χ1) is 11.8. The summed E-state index contributed by atoms with van der Waals surface area (Å²) in [6.07, 6.45) is 0. The van der Waals surface area contributed by atoms with Crippen molar-refractivity contribution in [3.05, 3.63) is 0 Å². The van der Waals surface area contributed by atoms with E-state index in [1.54, 1.807) is 13.8 Å². The molecular formula is C16H25N5O5. The Balaban J connectivity index is 2.30. The Kier molecular flexibility index (Phi) is 4.98. The van der Waals surface area contributed by atoms with Crippen molar-refractivity contribution >= 4 is 29.5 Å². The standard InChI is InChI=1S/C16H25N5O5/c1-8(22)17-6-9-11(23)19-15(2,3)13(25)20-16(4,5)14(26)21-7-10(21)12(24)18-9/h9-10H,6-7H2,1-5H3,(H,17,22)(H,18,24)(H,19,23)(H,20,25). The number of rotatable bonds is 2. The largest absolute Gasteiger partial charge is 0.354 e. The minimum Gasteiger partial charge on any atom is -0.354 e. The van der Waals surface area contributed by atoms with Gasteiger partial charge in [0.1, 0.15) is 23.2 Å². The van der Waals surface area contributed by atoms with Gasteiger partial charge in [0, 0.05) is 13.5 Å². The van der Waals surface area contributed by atoms with Gasteiger partial charge in [-0.1, -0.05) is 0 Å². The molecule has 10 heteroatoms. The lowest BCUT2D eigenvalue weighted by Crippen LogP contribution is -2.65. The van der Waals surface area contributed by atoms with Crippen LogP contribution in [-0.2, 0) is 24.0 Å². The fraction of sp³-hybridized carbons (Fsp3) is 0.688. The molecule has 0 aromatic carbocycles. The summed E-state index contributed by atoms with van der Waals surface area (Å²) in [6.45, 7) is 7.44. The van der Waals surface area contributed by atoms with Crippen LogP contribution >= 0.6 is 0 Å². The summed E-state index contributed by atoms with van der Waals surface area (Å²) in [5.41, 5.74) is -2.55. The number of nitrogens with zero attached hydrogens (tertiary/aromatic N) is 1. The molecule has 5 amide bonds. The molecule has 2 aliphatic heterocycles. The average molecular weight is 367 g/mol. The van der Waals surface area contributed by atoms with Crippen molar-refractivity contribution in [3.8, 4) is 0 Å². The SMILES string of the molecule is CC(=O)NCC1NC(=O)C2CN2C(=O)C(C)(C)NC(=O)C(C)(C)NC1=O. The van der Waals surface area contributed by atoms with Crippen LogP contribution in [0.2, 0.25) is 0 Å². The Morgan fingerprint density at radius 3 is 2.27 bits per heavy atom. The number of amides is 5. The van der Waals surface area contributed by atoms with Crippen molar-refractivity contribution in [3.63, 3.8) is 0 Å². The zero-order valence-electron chi connectivity index (χ0n) is 15.6. The second-order valence-corrected chi connectivity index (χ2v) is 7.66. The normalized spacial score (nSPS) is 27.8. The molecule has 2 fully saturated rings. The minimum absolute atomic E-state index is 0.128. The van der Waals surface area contributed by atoms with Crippen LogP contribution in [0.5, 0.6) is 0 Å². The van der Waals surface area contributed by atoms with Crippen molar-refractivity contribution in [1.82, 2.24) is 26.2 Å². The highest BCUT2D eigenvalue weighted by atomic mass is 16.2. The highest BCUT2D eigenvalue weighted by molar-refractivity contribution is 6.02. The molecule has 2 atom stereocenters. The fourth-order valence-corrected chi connectivity index (χ4v) is 2.62. The summed E-state index contributed by atoms with van der Waals surface area (Å²) in [6, 6.07) is -1.76. The van der Waals surface area contributed by atoms with Gasteiger partial charge < -0.3 is 26.2 Å². The lowest BCUT2D eigenvalue weighted by molar-refractivity contribution is -0.141. The third-order valence-electron chi connectivity index (χ3n) is 4.33. The van der Waals surface area contributed by atoms with E-state index in [9.17, 15) is 24.0 Å². The van der Waals surface area contributed by atoms with Crippen LogP contribution in [0.15, 0.2) is 0 Å². The molecule has 0 aromatic heterocycles. The van der Waals surface area contributed by atoms with Gasteiger partial charge in [-0.25, -0.2) is 0 Å². The van der Waals surface area contributed by atoms with Crippen LogP contribution < -0.4 is 21.3 Å². The van der Waals surface area contributed by atoms with E-state index in [0.29, 0.717) is 0 Å². The average Bonchev–Trinajstić information content (AvgIpc) is 3.28. The molecule has 0 aliphatic carbocycles. The van der Waals surface area contributed by atoms with Crippen LogP contribution in [0.25, 0.3) is 0 Å². The van der Waals surface area contributed by atoms with Crippen molar-refractivity contribution in [1.29, 1.82) is 0 Å². The van der Waals surface area contributed by atoms with Crippen molar-refractivity contribution < 1.29 is 24.0 Å². The molecule has 0 bridgehead atoms. The zero-order valence-corrected chi connectivity index (χ0v) is 15.6. The van der Waals surface area contributed by atoms with Crippen molar-refractivity contribution in [2.75, 3.05) is 13.1 Å². The number of fused-ring (bicyclic) bond motifs is 1. The maximum atomic E-state index is 12.6. The van der Waals surface area contributed by atoms with Gasteiger partial charge in [-0.05, 0) is 27.7 Å². The highest BCUT2D eigenvalue weighted by Crippen LogP contribution is 2.24. The molecule has 2 saturated heterocycles. The molecule has 26 heavy (non-hydrogen) atoms. The monoisotopic (exact) mass is 367 g/mol. The van der Waals surface area contributed by atoms with E-state index in [1.165, 1.54) is 25.7 Å². The lowest BCUT2D eigenvalue weighted by atomic mass is 9.98. The molecule has 2 unspecified atom stereocenters. The Bertz CT molecular complexity index is 672. The molecule has 2 rings (SSSR count). The number of carbonyl (C=O) groups is 5. The van der Waals surface area contributed by atoms with Gasteiger partial charge in [0.05, 0.1) is 6.54 Å². The fourth-order valence-electron chi connectivity index (χ4n) is 2.62. The molecule has 2 heterocycles. The number of nitrogens with one attached hydrogen (secondary N) is 4. The summed E-state index contributed by atoms with van der Waals surface area (Å²) in [5.74, 6) is -2.37. The Hall–Kier alpha value is -2.65. The molecule has 144 valence electrons. The maximum Gasteiger partial charge on any atom is 0.248 e. The van der Waals surface area contributed by atoms with E-state index in [2.05, 4.69) is 21.3 Å². The molecule has 0 radical (unpaired) electrons. The molecule has 4 N–H and O–H groups in total. The summed E-state index contributed by atoms with van der Waals surface area (Å²) in [7, 11) is 0. The molecule has 2 aliphatic rings. The Labute approximate surface area is 151 Å². The van der Waals surface area contributed by atoms with E-state index in [4.69, 9.17) is 0 Å². The number of hydrogen-bond acceptors (Lipinski definition) is 5. The van der Waals surface area contributed by atoms with Crippen molar-refractivity contribution in [2.45, 2.75) is 57.8 Å². The second-order valence-electron chi connectivity index (χ2n) is 7.66. The van der Waals surface area contributed by atoms with Crippen LogP contribution in [0, 0.1) is 0 Å². The van der Waals surface area contributed by atoms with Crippen molar-refractivity contribution in [2.24, 2.45) is 0 Å². The van der Waals surface area contributed by atoms with Gasteiger partial charge in [-0.2, -0.15) is 0 Å². The van der Waals surface area contributed by atoms with Gasteiger partial charge in [-0.15, -0.1) is 0 Å². The molecule has 10 nitrogen and oxygen atoms in total. The lowest BCUT2D eigenvalue weighted by Gasteiger charge is -2.33. The van der Waals surface area contributed by atoms with Gasteiger partial charge in [0.15, 0.2) is 0 Å². The Morgan fingerprint density at radius 1 is 1.08 bits per heavy atom. The second kappa shape index (κ2) is 6.58. The van der Waals surface area contributed by atoms with E-state index in [0.717, 1.165) is 0 Å². The first-order valence-electron chi connectivity index (χ1n) is 8.35. The Morgan fingerprint density at radius 2 is 1.69 bits per heavy atom. The van der Waals surface area contributed by atoms with Gasteiger partial charge >= 0.3 is 0 Å². The van der Waals surface area contributed by atoms with Crippen LogP contribution in [-0.4, -0.2) is 70.7 Å². The number of hydrogen-bond donors (Lipinski definition) is 4. The molecule has 0 spiro atoms. The van der Waals surface area contributed by atoms with E-state index in [-0.39, 0.29) is 24.9 Å². The highest BCUT2D eigenvalue weighted by Gasteiger charge is 2.51. The van der Waals surface area contributed by atoms with Crippen LogP contribution in [0.3, 0.4) is 0 Å². The van der Waals surface area contributed by atoms with Gasteiger partial charge in [0.2, 0.25) is 29.5 Å².